The van der Waals surface area contributed by atoms with Crippen molar-refractivity contribution in [2.45, 2.75) is 19.8 Å². The number of carbonyl (C=O) groups excluding carboxylic acids is 1. The van der Waals surface area contributed by atoms with Crippen LogP contribution in [0.5, 0.6) is 0 Å². The van der Waals surface area contributed by atoms with Crippen LogP contribution in [0.25, 0.3) is 0 Å². The predicted molar refractivity (Wildman–Crippen MR) is 65.0 cm³/mol. The van der Waals surface area contributed by atoms with Gasteiger partial charge in [0.25, 0.3) is 5.91 Å². The molecule has 2 heteroatoms. The molecular formula is C14H18NO. The molecule has 1 aromatic rings. The summed E-state index contributed by atoms with van der Waals surface area (Å²) in [7, 11) is 0. The molecule has 2 nitrogen and oxygen atoms in total. The van der Waals surface area contributed by atoms with E-state index in [1.54, 1.807) is 0 Å². The van der Waals surface area contributed by atoms with Crippen molar-refractivity contribution in [3.05, 3.63) is 42.3 Å². The molecule has 1 amide bonds. The van der Waals surface area contributed by atoms with Gasteiger partial charge in [-0.05, 0) is 37.3 Å². The standard InChI is InChI=1S/C14H18NO/c1-2-12-8-10-15(11-9-12)14(16)13-6-4-3-5-7-13/h2-7,12H,8-11H2,1H3. The van der Waals surface area contributed by atoms with Crippen molar-refractivity contribution in [1.82, 2.24) is 4.90 Å². The molecule has 0 spiro atoms. The summed E-state index contributed by atoms with van der Waals surface area (Å²) in [4.78, 5) is 14.1. The van der Waals surface area contributed by atoms with Gasteiger partial charge >= 0.3 is 0 Å². The zero-order valence-electron chi connectivity index (χ0n) is 9.73. The van der Waals surface area contributed by atoms with Gasteiger partial charge in [-0.1, -0.05) is 25.1 Å². The summed E-state index contributed by atoms with van der Waals surface area (Å²) >= 11 is 0. The normalized spacial score (nSPS) is 17.4. The van der Waals surface area contributed by atoms with Crippen LogP contribution in [0.4, 0.5) is 0 Å². The number of carbonyl (C=O) groups is 1. The molecule has 1 radical (unpaired) electrons. The van der Waals surface area contributed by atoms with Gasteiger partial charge in [-0.15, -0.1) is 0 Å². The Kier molecular flexibility index (Phi) is 3.60. The minimum absolute atomic E-state index is 0.176. The predicted octanol–water partition coefficient (Wildman–Crippen LogP) is 2.76. The molecule has 1 saturated heterocycles. The molecule has 0 atom stereocenters. The molecule has 0 bridgehead atoms. The Morgan fingerprint density at radius 2 is 1.88 bits per heavy atom. The maximum atomic E-state index is 12.1. The van der Waals surface area contributed by atoms with E-state index in [0.29, 0.717) is 5.92 Å². The SMILES string of the molecule is C[CH]C1CCN(C(=O)c2ccccc2)CC1. The number of piperidine rings is 1. The fraction of sp³-hybridized carbons (Fsp3) is 0.429. The van der Waals surface area contributed by atoms with Gasteiger partial charge in [-0.3, -0.25) is 4.79 Å². The lowest BCUT2D eigenvalue weighted by atomic mass is 9.94. The molecule has 1 aromatic carbocycles. The highest BCUT2D eigenvalue weighted by Gasteiger charge is 2.22. The van der Waals surface area contributed by atoms with Gasteiger partial charge in [0, 0.05) is 18.7 Å². The molecule has 85 valence electrons. The lowest BCUT2D eigenvalue weighted by Gasteiger charge is -2.31. The Bertz CT molecular complexity index is 339. The summed E-state index contributed by atoms with van der Waals surface area (Å²) in [5.74, 6) is 0.870. The number of likely N-dealkylation sites (tertiary alicyclic amines) is 1. The molecule has 0 aliphatic carbocycles. The van der Waals surface area contributed by atoms with E-state index in [-0.39, 0.29) is 5.91 Å². The summed E-state index contributed by atoms with van der Waals surface area (Å²) in [5.41, 5.74) is 0.807. The third-order valence-corrected chi connectivity index (χ3v) is 3.32. The molecule has 0 aromatic heterocycles. The van der Waals surface area contributed by atoms with Gasteiger partial charge < -0.3 is 4.90 Å². The summed E-state index contributed by atoms with van der Waals surface area (Å²) in [6.45, 7) is 3.89. The Morgan fingerprint density at radius 1 is 1.25 bits per heavy atom. The molecule has 0 N–H and O–H groups in total. The maximum absolute atomic E-state index is 12.1. The molecular weight excluding hydrogens is 198 g/mol. The first-order chi connectivity index (χ1) is 7.81. The van der Waals surface area contributed by atoms with Crippen molar-refractivity contribution in [1.29, 1.82) is 0 Å². The molecule has 0 saturated carbocycles. The van der Waals surface area contributed by atoms with Crippen molar-refractivity contribution in [3.8, 4) is 0 Å². The van der Waals surface area contributed by atoms with Crippen molar-refractivity contribution >= 4 is 5.91 Å². The minimum atomic E-state index is 0.176. The Balaban J connectivity index is 1.97. The molecule has 1 fully saturated rings. The Morgan fingerprint density at radius 3 is 2.44 bits per heavy atom. The van der Waals surface area contributed by atoms with Gasteiger partial charge in [0.1, 0.15) is 0 Å². The largest absolute Gasteiger partial charge is 0.339 e. The average molecular weight is 216 g/mol. The summed E-state index contributed by atoms with van der Waals surface area (Å²) in [6.07, 6.45) is 4.47. The third kappa shape index (κ3) is 2.43. The molecule has 1 aliphatic heterocycles. The molecule has 1 aliphatic rings. The lowest BCUT2D eigenvalue weighted by molar-refractivity contribution is 0.0701. The number of hydrogen-bond acceptors (Lipinski definition) is 1. The number of benzene rings is 1. The number of nitrogens with zero attached hydrogens (tertiary/aromatic N) is 1. The van der Waals surface area contributed by atoms with E-state index in [1.807, 2.05) is 35.2 Å². The minimum Gasteiger partial charge on any atom is -0.339 e. The highest BCUT2D eigenvalue weighted by molar-refractivity contribution is 5.94. The van der Waals surface area contributed by atoms with E-state index < -0.39 is 0 Å². The van der Waals surface area contributed by atoms with Crippen LogP contribution in [0.1, 0.15) is 30.1 Å². The van der Waals surface area contributed by atoms with Crippen LogP contribution in [-0.4, -0.2) is 23.9 Å². The van der Waals surface area contributed by atoms with Crippen molar-refractivity contribution < 1.29 is 4.79 Å². The summed E-state index contributed by atoms with van der Waals surface area (Å²) in [6, 6.07) is 9.55. The topological polar surface area (TPSA) is 20.3 Å². The third-order valence-electron chi connectivity index (χ3n) is 3.32. The van der Waals surface area contributed by atoms with E-state index in [0.717, 1.165) is 31.5 Å². The smallest absolute Gasteiger partial charge is 0.253 e. The van der Waals surface area contributed by atoms with Crippen LogP contribution in [0.15, 0.2) is 30.3 Å². The van der Waals surface area contributed by atoms with Crippen LogP contribution in [0.3, 0.4) is 0 Å². The van der Waals surface area contributed by atoms with E-state index in [9.17, 15) is 4.79 Å². The highest BCUT2D eigenvalue weighted by Crippen LogP contribution is 2.20. The van der Waals surface area contributed by atoms with Crippen LogP contribution >= 0.6 is 0 Å². The van der Waals surface area contributed by atoms with Crippen LogP contribution < -0.4 is 0 Å². The second-order valence-electron chi connectivity index (χ2n) is 4.33. The van der Waals surface area contributed by atoms with Gasteiger partial charge in [0.15, 0.2) is 0 Å². The second kappa shape index (κ2) is 5.15. The van der Waals surface area contributed by atoms with E-state index in [4.69, 9.17) is 0 Å². The summed E-state index contributed by atoms with van der Waals surface area (Å²) < 4.78 is 0. The molecule has 0 unspecified atom stereocenters. The average Bonchev–Trinajstić information content (AvgIpc) is 2.39. The number of rotatable bonds is 2. The van der Waals surface area contributed by atoms with Crippen molar-refractivity contribution in [3.63, 3.8) is 0 Å². The highest BCUT2D eigenvalue weighted by atomic mass is 16.2. The van der Waals surface area contributed by atoms with Gasteiger partial charge in [0.05, 0.1) is 0 Å². The molecule has 1 heterocycles. The first kappa shape index (κ1) is 11.2. The van der Waals surface area contributed by atoms with E-state index in [1.165, 1.54) is 0 Å². The monoisotopic (exact) mass is 216 g/mol. The van der Waals surface area contributed by atoms with Crippen LogP contribution in [0.2, 0.25) is 0 Å². The number of amides is 1. The molecule has 2 rings (SSSR count). The van der Waals surface area contributed by atoms with Crippen LogP contribution in [-0.2, 0) is 0 Å². The van der Waals surface area contributed by atoms with Gasteiger partial charge in [-0.25, -0.2) is 0 Å². The van der Waals surface area contributed by atoms with Crippen molar-refractivity contribution in [2.75, 3.05) is 13.1 Å². The van der Waals surface area contributed by atoms with Crippen molar-refractivity contribution in [2.24, 2.45) is 5.92 Å². The first-order valence-corrected chi connectivity index (χ1v) is 5.95. The Labute approximate surface area is 97.3 Å². The van der Waals surface area contributed by atoms with Crippen LogP contribution in [0, 0.1) is 12.3 Å². The Hall–Kier alpha value is -1.31. The molecule has 16 heavy (non-hydrogen) atoms. The van der Waals surface area contributed by atoms with E-state index in [2.05, 4.69) is 13.3 Å². The zero-order chi connectivity index (χ0) is 11.4. The summed E-state index contributed by atoms with van der Waals surface area (Å²) in [5, 5.41) is 0. The fourth-order valence-corrected chi connectivity index (χ4v) is 2.20. The second-order valence-corrected chi connectivity index (χ2v) is 4.33. The zero-order valence-corrected chi connectivity index (χ0v) is 9.73. The maximum Gasteiger partial charge on any atom is 0.253 e. The van der Waals surface area contributed by atoms with Gasteiger partial charge in [-0.2, -0.15) is 0 Å². The quantitative estimate of drug-likeness (QED) is 0.744. The van der Waals surface area contributed by atoms with E-state index >= 15 is 0 Å². The lowest BCUT2D eigenvalue weighted by Crippen LogP contribution is -2.38. The van der Waals surface area contributed by atoms with Gasteiger partial charge in [0.2, 0.25) is 0 Å². The number of hydrogen-bond donors (Lipinski definition) is 0. The fourth-order valence-electron chi connectivity index (χ4n) is 2.20. The first-order valence-electron chi connectivity index (χ1n) is 5.95.